The average Bonchev–Trinajstić information content (AvgIpc) is 3.12. The Balaban J connectivity index is 1.66. The summed E-state index contributed by atoms with van der Waals surface area (Å²) in [5.74, 6) is -0.953. The molecule has 6 nitrogen and oxygen atoms in total. The van der Waals surface area contributed by atoms with Crippen LogP contribution in [-0.4, -0.2) is 56.9 Å². The number of halogens is 2. The quantitative estimate of drug-likeness (QED) is 0.348. The van der Waals surface area contributed by atoms with E-state index in [2.05, 4.69) is 4.90 Å². The first-order chi connectivity index (χ1) is 14.4. The summed E-state index contributed by atoms with van der Waals surface area (Å²) in [6, 6.07) is 12.0. The van der Waals surface area contributed by atoms with Gasteiger partial charge in [0, 0.05) is 30.9 Å². The minimum atomic E-state index is -2.70. The summed E-state index contributed by atoms with van der Waals surface area (Å²) in [5, 5.41) is 10.5. The van der Waals surface area contributed by atoms with Gasteiger partial charge in [0.1, 0.15) is 5.75 Å². The summed E-state index contributed by atoms with van der Waals surface area (Å²) in [4.78, 5) is 24.9. The molecule has 1 aliphatic heterocycles. The van der Waals surface area contributed by atoms with Crippen molar-refractivity contribution in [1.29, 1.82) is 0 Å². The summed E-state index contributed by atoms with van der Waals surface area (Å²) in [7, 11) is -1.48. The van der Waals surface area contributed by atoms with Crippen LogP contribution >= 0.6 is 0 Å². The summed E-state index contributed by atoms with van der Waals surface area (Å²) < 4.78 is 35.1. The van der Waals surface area contributed by atoms with Crippen molar-refractivity contribution in [1.82, 2.24) is 4.90 Å². The Morgan fingerprint density at radius 2 is 1.93 bits per heavy atom. The molecule has 0 aromatic heterocycles. The molecule has 0 saturated carbocycles. The molecule has 161 valence electrons. The largest absolute Gasteiger partial charge is 0.481 e. The Labute approximate surface area is 175 Å². The number of carbonyl (C=O) groups is 2. The highest BCUT2D eigenvalue weighted by molar-refractivity contribution is 6.53. The maximum absolute atomic E-state index is 12.4. The van der Waals surface area contributed by atoms with E-state index in [1.807, 2.05) is 30.3 Å². The number of esters is 1. The van der Waals surface area contributed by atoms with Crippen molar-refractivity contribution < 1.29 is 32.6 Å². The predicted octanol–water partition coefficient (Wildman–Crippen LogP) is 3.63. The summed E-state index contributed by atoms with van der Waals surface area (Å²) >= 11 is 0. The van der Waals surface area contributed by atoms with E-state index in [0.717, 1.165) is 22.9 Å². The van der Waals surface area contributed by atoms with E-state index < -0.39 is 27.6 Å². The van der Waals surface area contributed by atoms with Crippen molar-refractivity contribution in [2.45, 2.75) is 38.3 Å². The number of carbonyl (C=O) groups excluding carboxylic acids is 1. The van der Waals surface area contributed by atoms with Crippen molar-refractivity contribution in [3.8, 4) is 5.75 Å². The van der Waals surface area contributed by atoms with E-state index in [-0.39, 0.29) is 19.3 Å². The van der Waals surface area contributed by atoms with Gasteiger partial charge < -0.3 is 19.2 Å². The second kappa shape index (κ2) is 10.6. The smallest absolute Gasteiger partial charge is 0.336 e. The fourth-order valence-electron chi connectivity index (χ4n) is 3.61. The number of ether oxygens (including phenoxy) is 1. The minimum absolute atomic E-state index is 0.0353. The topological polar surface area (TPSA) is 76.1 Å². The number of rotatable bonds is 10. The molecule has 2 aromatic rings. The fraction of sp³-hybridized carbons (Fsp3) is 0.429. The molecular formula is C21H24F2NO5Si. The summed E-state index contributed by atoms with van der Waals surface area (Å²) in [5.41, 5.74) is 1.01. The average molecular weight is 437 g/mol. The molecule has 1 radical (unpaired) electrons. The fourth-order valence-corrected chi connectivity index (χ4v) is 5.60. The number of carboxylic acids is 1. The second-order valence-corrected chi connectivity index (χ2v) is 9.32. The maximum Gasteiger partial charge on any atom is 0.336 e. The van der Waals surface area contributed by atoms with Crippen LogP contribution in [0.3, 0.4) is 0 Å². The van der Waals surface area contributed by atoms with E-state index in [9.17, 15) is 18.4 Å². The van der Waals surface area contributed by atoms with E-state index >= 15 is 0 Å². The molecule has 1 N–H and O–H groups in total. The van der Waals surface area contributed by atoms with E-state index in [0.29, 0.717) is 30.9 Å². The number of aliphatic carboxylic acids is 1. The molecule has 1 saturated heterocycles. The maximum atomic E-state index is 12.4. The highest BCUT2D eigenvalue weighted by Gasteiger charge is 2.28. The molecule has 0 aliphatic carbocycles. The number of nitrogens with zero attached hydrogens (tertiary/aromatic N) is 1. The number of hydrogen-bond donors (Lipinski definition) is 1. The zero-order chi connectivity index (χ0) is 21.5. The summed E-state index contributed by atoms with van der Waals surface area (Å²) in [6.07, 6.45) is 1.45. The first kappa shape index (κ1) is 22.3. The van der Waals surface area contributed by atoms with Gasteiger partial charge in [0.2, 0.25) is 9.04 Å². The number of alkyl halides is 2. The van der Waals surface area contributed by atoms with Crippen LogP contribution in [0.1, 0.15) is 24.8 Å². The lowest BCUT2D eigenvalue weighted by atomic mass is 10.0. The molecule has 0 unspecified atom stereocenters. The van der Waals surface area contributed by atoms with Gasteiger partial charge in [-0.25, -0.2) is 0 Å². The molecular weight excluding hydrogens is 412 g/mol. The molecule has 1 heterocycles. The SMILES string of the molecule is O=C(O)CCCC(=O)Oc1cccc2cccc(CCN3CC[Si](OC(F)F)C3)c12. The Morgan fingerprint density at radius 3 is 2.67 bits per heavy atom. The minimum Gasteiger partial charge on any atom is -0.481 e. The van der Waals surface area contributed by atoms with Gasteiger partial charge in [-0.1, -0.05) is 30.3 Å². The molecule has 0 atom stereocenters. The van der Waals surface area contributed by atoms with Gasteiger partial charge in [-0.05, 0) is 42.4 Å². The van der Waals surface area contributed by atoms with E-state index in [1.54, 1.807) is 6.07 Å². The van der Waals surface area contributed by atoms with Crippen molar-refractivity contribution in [3.63, 3.8) is 0 Å². The third kappa shape index (κ3) is 6.32. The van der Waals surface area contributed by atoms with Gasteiger partial charge in [-0.2, -0.15) is 8.78 Å². The molecule has 3 rings (SSSR count). The number of fused-ring (bicyclic) bond motifs is 1. The third-order valence-electron chi connectivity index (χ3n) is 5.01. The van der Waals surface area contributed by atoms with Crippen LogP contribution in [0.2, 0.25) is 6.04 Å². The first-order valence-corrected chi connectivity index (χ1v) is 11.7. The lowest BCUT2D eigenvalue weighted by Crippen LogP contribution is -2.29. The Hall–Kier alpha value is -2.36. The van der Waals surface area contributed by atoms with Crippen LogP contribution in [0, 0.1) is 0 Å². The van der Waals surface area contributed by atoms with Crippen LogP contribution in [0.15, 0.2) is 36.4 Å². The lowest BCUT2D eigenvalue weighted by Gasteiger charge is -2.17. The number of benzene rings is 2. The highest BCUT2D eigenvalue weighted by Crippen LogP contribution is 2.30. The van der Waals surface area contributed by atoms with Gasteiger partial charge in [-0.3, -0.25) is 9.59 Å². The van der Waals surface area contributed by atoms with Crippen LogP contribution < -0.4 is 4.74 Å². The monoisotopic (exact) mass is 436 g/mol. The zero-order valence-electron chi connectivity index (χ0n) is 16.5. The molecule has 0 bridgehead atoms. The van der Waals surface area contributed by atoms with Crippen molar-refractivity contribution in [3.05, 3.63) is 42.0 Å². The van der Waals surface area contributed by atoms with Crippen LogP contribution in [-0.2, 0) is 20.4 Å². The second-order valence-electron chi connectivity index (χ2n) is 7.19. The van der Waals surface area contributed by atoms with Crippen molar-refractivity contribution in [2.75, 3.05) is 19.3 Å². The molecule has 0 spiro atoms. The van der Waals surface area contributed by atoms with Gasteiger partial charge in [0.15, 0.2) is 0 Å². The highest BCUT2D eigenvalue weighted by atomic mass is 28.3. The normalized spacial score (nSPS) is 15.2. The predicted molar refractivity (Wildman–Crippen MR) is 109 cm³/mol. The van der Waals surface area contributed by atoms with Crippen molar-refractivity contribution in [2.24, 2.45) is 0 Å². The molecule has 1 aliphatic rings. The van der Waals surface area contributed by atoms with Gasteiger partial charge in [0.05, 0.1) is 0 Å². The van der Waals surface area contributed by atoms with E-state index in [4.69, 9.17) is 14.3 Å². The number of carboxylic acid groups (broad SMARTS) is 1. The molecule has 9 heteroatoms. The molecule has 0 amide bonds. The Bertz CT molecular complexity index is 890. The van der Waals surface area contributed by atoms with Crippen LogP contribution in [0.25, 0.3) is 10.8 Å². The lowest BCUT2D eigenvalue weighted by molar-refractivity contribution is -0.137. The van der Waals surface area contributed by atoms with Gasteiger partial charge in [-0.15, -0.1) is 0 Å². The first-order valence-electron chi connectivity index (χ1n) is 9.87. The zero-order valence-corrected chi connectivity index (χ0v) is 17.5. The standard InChI is InChI=1S/C21H24F2NO5Si/c22-21(23)29-30-13-12-24(14-30)11-10-16-5-1-4-15-6-2-7-17(20(15)16)28-19(27)9-3-8-18(25)26/h1-2,4-7,21H,3,8-14H2,(H,25,26). The van der Waals surface area contributed by atoms with Crippen molar-refractivity contribution >= 4 is 31.8 Å². The van der Waals surface area contributed by atoms with Gasteiger partial charge in [0.25, 0.3) is 0 Å². The van der Waals surface area contributed by atoms with Crippen LogP contribution in [0.4, 0.5) is 8.78 Å². The molecule has 30 heavy (non-hydrogen) atoms. The van der Waals surface area contributed by atoms with E-state index in [1.165, 1.54) is 0 Å². The Kier molecular flexibility index (Phi) is 7.89. The van der Waals surface area contributed by atoms with Crippen LogP contribution in [0.5, 0.6) is 5.75 Å². The summed E-state index contributed by atoms with van der Waals surface area (Å²) in [6.45, 7) is -1.25. The third-order valence-corrected chi connectivity index (χ3v) is 7.10. The molecule has 2 aromatic carbocycles. The van der Waals surface area contributed by atoms with Gasteiger partial charge >= 0.3 is 18.6 Å². The Morgan fingerprint density at radius 1 is 1.17 bits per heavy atom. The molecule has 1 fully saturated rings. The number of hydrogen-bond acceptors (Lipinski definition) is 5.